The first-order valence-electron chi connectivity index (χ1n) is 10.0. The largest absolute Gasteiger partial charge is 0.324 e. The molecule has 1 aliphatic heterocycles. The molecule has 0 fully saturated rings. The maximum Gasteiger partial charge on any atom is 0.259 e. The second-order valence-electron chi connectivity index (χ2n) is 7.35. The number of H-pyrrole nitrogens is 1. The quantitative estimate of drug-likeness (QED) is 0.668. The van der Waals surface area contributed by atoms with Crippen molar-refractivity contribution in [3.8, 4) is 11.4 Å². The van der Waals surface area contributed by atoms with Crippen molar-refractivity contribution in [2.45, 2.75) is 26.3 Å². The Bertz CT molecular complexity index is 1230. The van der Waals surface area contributed by atoms with Crippen LogP contribution in [0.5, 0.6) is 0 Å². The molecule has 2 N–H and O–H groups in total. The predicted molar refractivity (Wildman–Crippen MR) is 119 cm³/mol. The summed E-state index contributed by atoms with van der Waals surface area (Å²) in [5.74, 6) is -0.148. The number of aromatic nitrogens is 2. The number of fused-ring (bicyclic) bond motifs is 1. The average molecular weight is 414 g/mol. The van der Waals surface area contributed by atoms with Crippen molar-refractivity contribution in [1.29, 1.82) is 0 Å². The number of aryl methyl sites for hydroxylation is 1. The summed E-state index contributed by atoms with van der Waals surface area (Å²) in [7, 11) is 0. The molecule has 7 heteroatoms. The van der Waals surface area contributed by atoms with Gasteiger partial charge in [0, 0.05) is 39.8 Å². The van der Waals surface area contributed by atoms with Crippen molar-refractivity contribution < 1.29 is 9.59 Å². The number of benzene rings is 2. The number of carbonyl (C=O) groups is 2. The topological polar surface area (TPSA) is 95.2 Å². The van der Waals surface area contributed by atoms with Crippen LogP contribution in [0.2, 0.25) is 0 Å². The average Bonchev–Trinajstić information content (AvgIpc) is 3.03. The lowest BCUT2D eigenvalue weighted by molar-refractivity contribution is -0.119. The van der Waals surface area contributed by atoms with Crippen LogP contribution in [-0.2, 0) is 11.2 Å². The maximum absolute atomic E-state index is 12.9. The van der Waals surface area contributed by atoms with E-state index in [1.54, 1.807) is 43.3 Å². The van der Waals surface area contributed by atoms with Gasteiger partial charge in [0.2, 0.25) is 5.91 Å². The molecule has 0 saturated carbocycles. The molecule has 1 aromatic heterocycles. The Balaban J connectivity index is 1.55. The number of rotatable bonds is 5. The number of anilines is 1. The van der Waals surface area contributed by atoms with E-state index in [9.17, 15) is 14.4 Å². The summed E-state index contributed by atoms with van der Waals surface area (Å²) in [4.78, 5) is 46.2. The molecular formula is C24H22N4O3. The van der Waals surface area contributed by atoms with Gasteiger partial charge in [0.15, 0.2) is 0 Å². The van der Waals surface area contributed by atoms with E-state index in [1.165, 1.54) is 11.0 Å². The third kappa shape index (κ3) is 3.77. The number of hydrogen-bond acceptors (Lipinski definition) is 4. The van der Waals surface area contributed by atoms with Crippen LogP contribution in [0.15, 0.2) is 66.0 Å². The van der Waals surface area contributed by atoms with Crippen LogP contribution < -0.4 is 10.9 Å². The van der Waals surface area contributed by atoms with Crippen molar-refractivity contribution in [2.24, 2.45) is 0 Å². The summed E-state index contributed by atoms with van der Waals surface area (Å²) < 4.78 is 0. The fourth-order valence-electron chi connectivity index (χ4n) is 3.65. The highest BCUT2D eigenvalue weighted by Crippen LogP contribution is 2.33. The van der Waals surface area contributed by atoms with Gasteiger partial charge in [0.25, 0.3) is 11.5 Å². The van der Waals surface area contributed by atoms with Crippen LogP contribution in [-0.4, -0.2) is 32.7 Å². The van der Waals surface area contributed by atoms with Gasteiger partial charge in [-0.1, -0.05) is 43.8 Å². The number of hydrogen-bond donors (Lipinski definition) is 2. The van der Waals surface area contributed by atoms with E-state index in [0.717, 1.165) is 5.56 Å². The van der Waals surface area contributed by atoms with Gasteiger partial charge in [0.1, 0.15) is 11.9 Å². The minimum Gasteiger partial charge on any atom is -0.324 e. The predicted octanol–water partition coefficient (Wildman–Crippen LogP) is 3.45. The van der Waals surface area contributed by atoms with Crippen LogP contribution in [0.3, 0.4) is 0 Å². The fourth-order valence-corrected chi connectivity index (χ4v) is 3.65. The van der Waals surface area contributed by atoms with Gasteiger partial charge < -0.3 is 10.3 Å². The summed E-state index contributed by atoms with van der Waals surface area (Å²) in [6.45, 7) is 7.59. The van der Waals surface area contributed by atoms with Gasteiger partial charge >= 0.3 is 0 Å². The highest BCUT2D eigenvalue weighted by Gasteiger charge is 2.36. The van der Waals surface area contributed by atoms with E-state index >= 15 is 0 Å². The Morgan fingerprint density at radius 3 is 2.58 bits per heavy atom. The van der Waals surface area contributed by atoms with Gasteiger partial charge in [0.05, 0.1) is 0 Å². The molecule has 1 atom stereocenters. The van der Waals surface area contributed by atoms with E-state index in [-0.39, 0.29) is 17.4 Å². The molecule has 2 amide bonds. The number of nitrogens with one attached hydrogen (secondary N) is 2. The summed E-state index contributed by atoms with van der Waals surface area (Å²) in [5, 5.41) is 2.85. The number of carbonyl (C=O) groups excluding carboxylic acids is 2. The molecule has 2 heterocycles. The molecule has 0 aliphatic carbocycles. The van der Waals surface area contributed by atoms with Gasteiger partial charge in [-0.2, -0.15) is 0 Å². The molecule has 0 radical (unpaired) electrons. The zero-order valence-electron chi connectivity index (χ0n) is 17.3. The van der Waals surface area contributed by atoms with Gasteiger partial charge in [-0.15, -0.1) is 0 Å². The van der Waals surface area contributed by atoms with Crippen molar-refractivity contribution in [2.75, 3.05) is 5.32 Å². The van der Waals surface area contributed by atoms with Crippen molar-refractivity contribution in [3.63, 3.8) is 0 Å². The Morgan fingerprint density at radius 2 is 1.87 bits per heavy atom. The van der Waals surface area contributed by atoms with E-state index in [1.807, 2.05) is 19.1 Å². The molecule has 0 unspecified atom stereocenters. The van der Waals surface area contributed by atoms with Crippen molar-refractivity contribution in [3.05, 3.63) is 88.4 Å². The van der Waals surface area contributed by atoms with Gasteiger partial charge in [-0.05, 0) is 31.5 Å². The van der Waals surface area contributed by atoms with Gasteiger partial charge in [-0.25, -0.2) is 4.98 Å². The van der Waals surface area contributed by atoms with Crippen molar-refractivity contribution in [1.82, 2.24) is 14.9 Å². The molecule has 7 nitrogen and oxygen atoms in total. The summed E-state index contributed by atoms with van der Waals surface area (Å²) in [6.07, 6.45) is 0.640. The lowest BCUT2D eigenvalue weighted by atomic mass is 10.1. The molecular weight excluding hydrogens is 392 g/mol. The first-order valence-corrected chi connectivity index (χ1v) is 10.0. The zero-order chi connectivity index (χ0) is 22.1. The Labute approximate surface area is 179 Å². The van der Waals surface area contributed by atoms with E-state index in [0.29, 0.717) is 40.5 Å². The normalized spacial score (nSPS) is 13.8. The van der Waals surface area contributed by atoms with E-state index < -0.39 is 6.04 Å². The smallest absolute Gasteiger partial charge is 0.259 e. The Hall–Kier alpha value is -4.00. The SMILES string of the molecule is C=C1c2ccccc2C(=O)N1[C@H](C)C(=O)Nc1cccc(-c2nc(CC)cc(=O)[nH]2)c1. The molecule has 0 spiro atoms. The lowest BCUT2D eigenvalue weighted by Crippen LogP contribution is -2.41. The lowest BCUT2D eigenvalue weighted by Gasteiger charge is -2.24. The first kappa shape index (κ1) is 20.3. The van der Waals surface area contributed by atoms with Gasteiger partial charge in [-0.3, -0.25) is 19.3 Å². The first-order chi connectivity index (χ1) is 14.9. The molecule has 0 bridgehead atoms. The van der Waals surface area contributed by atoms with E-state index in [4.69, 9.17) is 0 Å². The molecule has 156 valence electrons. The van der Waals surface area contributed by atoms with Crippen LogP contribution in [0.25, 0.3) is 17.1 Å². The minimum absolute atomic E-state index is 0.226. The molecule has 3 aromatic rings. The van der Waals surface area contributed by atoms with Crippen LogP contribution in [0, 0.1) is 0 Å². The minimum atomic E-state index is -0.752. The maximum atomic E-state index is 12.9. The Morgan fingerprint density at radius 1 is 1.13 bits per heavy atom. The molecule has 0 saturated heterocycles. The summed E-state index contributed by atoms with van der Waals surface area (Å²) >= 11 is 0. The summed E-state index contributed by atoms with van der Waals surface area (Å²) in [5.41, 5.74) is 3.46. The summed E-state index contributed by atoms with van der Waals surface area (Å²) in [6, 6.07) is 14.9. The van der Waals surface area contributed by atoms with E-state index in [2.05, 4.69) is 21.9 Å². The second-order valence-corrected chi connectivity index (χ2v) is 7.35. The van der Waals surface area contributed by atoms with Crippen molar-refractivity contribution >= 4 is 23.2 Å². The van der Waals surface area contributed by atoms with Crippen LogP contribution in [0.1, 0.15) is 35.5 Å². The monoisotopic (exact) mass is 414 g/mol. The van der Waals surface area contributed by atoms with Crippen LogP contribution in [0.4, 0.5) is 5.69 Å². The number of amides is 2. The second kappa shape index (κ2) is 8.02. The zero-order valence-corrected chi connectivity index (χ0v) is 17.3. The Kier molecular flexibility index (Phi) is 5.25. The molecule has 4 rings (SSSR count). The molecule has 2 aromatic carbocycles. The third-order valence-electron chi connectivity index (χ3n) is 5.31. The third-order valence-corrected chi connectivity index (χ3v) is 5.31. The number of aromatic amines is 1. The fraction of sp³-hybridized carbons (Fsp3) is 0.167. The van der Waals surface area contributed by atoms with Crippen LogP contribution >= 0.6 is 0 Å². The molecule has 1 aliphatic rings. The standard InChI is InChI=1S/C24H22N4O3/c1-4-17-13-21(29)27-22(25-17)16-8-7-9-18(12-16)26-23(30)15(3)28-14(2)19-10-5-6-11-20(19)24(28)31/h5-13,15H,2,4H2,1,3H3,(H,26,30)(H,25,27,29)/t15-/m1/s1. The molecule has 31 heavy (non-hydrogen) atoms. The number of nitrogens with zero attached hydrogens (tertiary/aromatic N) is 2. The highest BCUT2D eigenvalue weighted by atomic mass is 16.2. The highest BCUT2D eigenvalue weighted by molar-refractivity contribution is 6.11.